The van der Waals surface area contributed by atoms with Gasteiger partial charge in [0.05, 0.1) is 29.4 Å². The second kappa shape index (κ2) is 10.4. The van der Waals surface area contributed by atoms with Crippen LogP contribution in [0.15, 0.2) is 36.4 Å². The summed E-state index contributed by atoms with van der Waals surface area (Å²) in [7, 11) is 1.32. The predicted molar refractivity (Wildman–Crippen MR) is 138 cm³/mol. The minimum absolute atomic E-state index is 0.178. The molecular weight excluding hydrogens is 498 g/mol. The number of carbonyl (C=O) groups excluding carboxylic acids is 2. The molecule has 0 unspecified atom stereocenters. The Balaban J connectivity index is 1.50. The second-order valence-electron chi connectivity index (χ2n) is 9.01. The molecule has 1 N–H and O–H groups in total. The van der Waals surface area contributed by atoms with Gasteiger partial charge < -0.3 is 10.1 Å². The first-order chi connectivity index (χ1) is 17.9. The van der Waals surface area contributed by atoms with E-state index < -0.39 is 18.3 Å². The fourth-order valence-electron chi connectivity index (χ4n) is 4.88. The van der Waals surface area contributed by atoms with E-state index in [0.717, 1.165) is 42.5 Å². The third kappa shape index (κ3) is 4.85. The van der Waals surface area contributed by atoms with Gasteiger partial charge in [0, 0.05) is 16.0 Å². The highest BCUT2D eigenvalue weighted by Crippen LogP contribution is 2.38. The number of methoxy groups -OCH3 is 1. The summed E-state index contributed by atoms with van der Waals surface area (Å²) >= 11 is 1.40. The van der Waals surface area contributed by atoms with Gasteiger partial charge in [-0.15, -0.1) is 11.3 Å². The second-order valence-corrected chi connectivity index (χ2v) is 10.1. The molecule has 1 amide bonds. The van der Waals surface area contributed by atoms with E-state index in [1.165, 1.54) is 29.2 Å². The molecule has 0 bridgehead atoms. The van der Waals surface area contributed by atoms with Crippen molar-refractivity contribution in [2.24, 2.45) is 0 Å². The zero-order valence-electron chi connectivity index (χ0n) is 20.5. The maximum Gasteiger partial charge on any atom is 0.341 e. The average Bonchev–Trinajstić information content (AvgIpc) is 3.28. The molecular formula is C27H26F2N4O3S. The average molecular weight is 525 g/mol. The van der Waals surface area contributed by atoms with E-state index in [1.54, 1.807) is 31.2 Å². The number of ether oxygens (including phenoxy) is 1. The Morgan fingerprint density at radius 3 is 2.65 bits per heavy atom. The molecule has 1 aliphatic rings. The van der Waals surface area contributed by atoms with Crippen LogP contribution in [-0.4, -0.2) is 33.8 Å². The van der Waals surface area contributed by atoms with Crippen LogP contribution in [-0.2, 0) is 28.9 Å². The molecule has 10 heteroatoms. The highest BCUT2D eigenvalue weighted by molar-refractivity contribution is 7.17. The van der Waals surface area contributed by atoms with E-state index >= 15 is 0 Å². The Labute approximate surface area is 216 Å². The fourth-order valence-corrected chi connectivity index (χ4v) is 6.17. The number of alkyl halides is 2. The monoisotopic (exact) mass is 524 g/mol. The topological polar surface area (TPSA) is 86.1 Å². The van der Waals surface area contributed by atoms with Crippen molar-refractivity contribution in [1.29, 1.82) is 0 Å². The molecule has 0 saturated carbocycles. The third-order valence-electron chi connectivity index (χ3n) is 6.57. The molecule has 0 radical (unpaired) electrons. The molecule has 7 nitrogen and oxygen atoms in total. The minimum Gasteiger partial charge on any atom is -0.465 e. The number of pyridine rings is 1. The Morgan fingerprint density at radius 1 is 1.16 bits per heavy atom. The number of benzene rings is 1. The lowest BCUT2D eigenvalue weighted by Gasteiger charge is -2.10. The molecule has 0 spiro atoms. The van der Waals surface area contributed by atoms with Crippen LogP contribution < -0.4 is 5.32 Å². The van der Waals surface area contributed by atoms with Crippen LogP contribution in [0.5, 0.6) is 0 Å². The van der Waals surface area contributed by atoms with Crippen molar-refractivity contribution < 1.29 is 23.1 Å². The van der Waals surface area contributed by atoms with Gasteiger partial charge in [0.2, 0.25) is 5.91 Å². The van der Waals surface area contributed by atoms with Gasteiger partial charge in [0.25, 0.3) is 6.43 Å². The zero-order chi connectivity index (χ0) is 26.1. The molecule has 1 aliphatic carbocycles. The molecule has 192 valence electrons. The summed E-state index contributed by atoms with van der Waals surface area (Å²) in [6.07, 6.45) is 1.97. The summed E-state index contributed by atoms with van der Waals surface area (Å²) in [5, 5.41) is 7.91. The van der Waals surface area contributed by atoms with Gasteiger partial charge in [-0.05, 0) is 44.2 Å². The normalized spacial score (nSPS) is 13.4. The van der Waals surface area contributed by atoms with Crippen molar-refractivity contribution in [3.8, 4) is 11.3 Å². The number of aryl methyl sites for hydroxylation is 2. The van der Waals surface area contributed by atoms with E-state index in [0.29, 0.717) is 27.5 Å². The highest BCUT2D eigenvalue weighted by atomic mass is 32.1. The third-order valence-corrected chi connectivity index (χ3v) is 7.78. The number of nitrogens with zero attached hydrogens (tertiary/aromatic N) is 3. The van der Waals surface area contributed by atoms with Gasteiger partial charge in [-0.25, -0.2) is 23.2 Å². The van der Waals surface area contributed by atoms with Gasteiger partial charge in [-0.2, -0.15) is 5.10 Å². The van der Waals surface area contributed by atoms with Crippen molar-refractivity contribution in [3.63, 3.8) is 0 Å². The van der Waals surface area contributed by atoms with Crippen molar-refractivity contribution in [3.05, 3.63) is 63.7 Å². The summed E-state index contributed by atoms with van der Waals surface area (Å²) in [4.78, 5) is 31.5. The summed E-state index contributed by atoms with van der Waals surface area (Å²) in [5.74, 6) is -0.915. The summed E-state index contributed by atoms with van der Waals surface area (Å²) in [6, 6.07) is 10.4. The summed E-state index contributed by atoms with van der Waals surface area (Å²) < 4.78 is 34.4. The minimum atomic E-state index is -2.73. The van der Waals surface area contributed by atoms with Crippen LogP contribution in [0.3, 0.4) is 0 Å². The number of hydrogen-bond donors (Lipinski definition) is 1. The maximum atomic E-state index is 14.0. The largest absolute Gasteiger partial charge is 0.465 e. The van der Waals surface area contributed by atoms with Gasteiger partial charge in [0.1, 0.15) is 11.5 Å². The first kappa shape index (κ1) is 25.0. The van der Waals surface area contributed by atoms with Gasteiger partial charge in [-0.1, -0.05) is 36.8 Å². The van der Waals surface area contributed by atoms with E-state index in [1.807, 2.05) is 6.07 Å². The Bertz CT molecular complexity index is 1480. The van der Waals surface area contributed by atoms with Gasteiger partial charge in [0.15, 0.2) is 5.65 Å². The maximum absolute atomic E-state index is 14.0. The number of carbonyl (C=O) groups is 2. The van der Waals surface area contributed by atoms with Crippen molar-refractivity contribution >= 4 is 39.2 Å². The predicted octanol–water partition coefficient (Wildman–Crippen LogP) is 6.10. The lowest BCUT2D eigenvalue weighted by atomic mass is 10.1. The van der Waals surface area contributed by atoms with Crippen molar-refractivity contribution in [2.75, 3.05) is 12.4 Å². The van der Waals surface area contributed by atoms with Crippen molar-refractivity contribution in [2.45, 2.75) is 52.0 Å². The van der Waals surface area contributed by atoms with E-state index in [9.17, 15) is 18.4 Å². The van der Waals surface area contributed by atoms with Crippen LogP contribution in [0, 0.1) is 6.92 Å². The van der Waals surface area contributed by atoms with Crippen LogP contribution in [0.25, 0.3) is 22.3 Å². The number of esters is 1. The SMILES string of the molecule is COC(=O)c1c(NC(=O)Cn2nc(C)c3c(C(F)F)cc(-c4ccccc4)nc32)sc2c1CCCCC2. The number of thiophene rings is 1. The zero-order valence-corrected chi connectivity index (χ0v) is 21.3. The molecule has 0 fully saturated rings. The summed E-state index contributed by atoms with van der Waals surface area (Å²) in [5.41, 5.74) is 2.80. The lowest BCUT2D eigenvalue weighted by molar-refractivity contribution is -0.116. The summed E-state index contributed by atoms with van der Waals surface area (Å²) in [6.45, 7) is 1.37. The standard InChI is InChI=1S/C27H26F2N4O3S/c1-15-22-18(24(28)29)13-19(16-9-5-3-6-10-16)30-25(22)33(32-15)14-21(34)31-26-23(27(35)36-2)17-11-7-4-8-12-20(17)37-26/h3,5-6,9-10,13,24H,4,7-8,11-12,14H2,1-2H3,(H,31,34). The number of hydrogen-bond acceptors (Lipinski definition) is 6. The van der Waals surface area contributed by atoms with Gasteiger partial charge in [-0.3, -0.25) is 4.79 Å². The van der Waals surface area contributed by atoms with Crippen LogP contribution in [0.2, 0.25) is 0 Å². The number of amides is 1. The number of halogens is 2. The molecule has 3 heterocycles. The van der Waals surface area contributed by atoms with E-state index in [4.69, 9.17) is 4.74 Å². The van der Waals surface area contributed by atoms with Crippen LogP contribution >= 0.6 is 11.3 Å². The first-order valence-corrected chi connectivity index (χ1v) is 12.9. The Hall–Kier alpha value is -3.66. The molecule has 0 aliphatic heterocycles. The van der Waals surface area contributed by atoms with E-state index in [-0.39, 0.29) is 23.1 Å². The number of anilines is 1. The molecule has 1 aromatic carbocycles. The highest BCUT2D eigenvalue weighted by Gasteiger charge is 2.27. The number of nitrogens with one attached hydrogen (secondary N) is 1. The smallest absolute Gasteiger partial charge is 0.341 e. The molecule has 5 rings (SSSR count). The number of rotatable bonds is 6. The molecule has 0 saturated heterocycles. The quantitative estimate of drug-likeness (QED) is 0.243. The van der Waals surface area contributed by atoms with Crippen LogP contribution in [0.1, 0.15) is 57.7 Å². The van der Waals surface area contributed by atoms with E-state index in [2.05, 4.69) is 15.4 Å². The Kier molecular flexibility index (Phi) is 7.01. The molecule has 37 heavy (non-hydrogen) atoms. The molecule has 4 aromatic rings. The molecule has 0 atom stereocenters. The van der Waals surface area contributed by atoms with Gasteiger partial charge >= 0.3 is 5.97 Å². The fraction of sp³-hybridized carbons (Fsp3) is 0.333. The number of aromatic nitrogens is 3. The lowest BCUT2D eigenvalue weighted by Crippen LogP contribution is -2.21. The van der Waals surface area contributed by atoms with Crippen molar-refractivity contribution in [1.82, 2.24) is 14.8 Å². The number of fused-ring (bicyclic) bond motifs is 2. The van der Waals surface area contributed by atoms with Crippen LogP contribution in [0.4, 0.5) is 13.8 Å². The molecule has 3 aromatic heterocycles. The first-order valence-electron chi connectivity index (χ1n) is 12.1. The Morgan fingerprint density at radius 2 is 1.92 bits per heavy atom.